The third-order valence-electron chi connectivity index (χ3n) is 2.77. The number of hydrogen-bond donors (Lipinski definition) is 1. The molecule has 0 amide bonds. The van der Waals surface area contributed by atoms with Gasteiger partial charge in [0.25, 0.3) is 0 Å². The van der Waals surface area contributed by atoms with E-state index in [2.05, 4.69) is 9.97 Å². The van der Waals surface area contributed by atoms with Gasteiger partial charge in [-0.2, -0.15) is 0 Å². The lowest BCUT2D eigenvalue weighted by Gasteiger charge is -2.09. The van der Waals surface area contributed by atoms with Crippen molar-refractivity contribution in [1.29, 1.82) is 0 Å². The first-order valence-electron chi connectivity index (χ1n) is 5.33. The van der Waals surface area contributed by atoms with Gasteiger partial charge in [0.2, 0.25) is 5.88 Å². The van der Waals surface area contributed by atoms with Crippen LogP contribution >= 0.6 is 0 Å². The van der Waals surface area contributed by atoms with Crippen molar-refractivity contribution in [1.82, 2.24) is 9.97 Å². The molecule has 0 aromatic carbocycles. The molecule has 1 aromatic heterocycles. The Kier molecular flexibility index (Phi) is 3.16. The molecule has 1 heterocycles. The zero-order valence-corrected chi connectivity index (χ0v) is 8.89. The van der Waals surface area contributed by atoms with E-state index in [-0.39, 0.29) is 6.10 Å². The van der Waals surface area contributed by atoms with Crippen LogP contribution in [0.1, 0.15) is 25.0 Å². The summed E-state index contributed by atoms with van der Waals surface area (Å²) in [6.07, 6.45) is 6.89. The van der Waals surface area contributed by atoms with Crippen LogP contribution in [-0.2, 0) is 6.42 Å². The number of ether oxygens (including phenoxy) is 1. The summed E-state index contributed by atoms with van der Waals surface area (Å²) in [4.78, 5) is 8.27. The Labute approximate surface area is 89.3 Å². The van der Waals surface area contributed by atoms with E-state index < -0.39 is 0 Å². The highest BCUT2D eigenvalue weighted by molar-refractivity contribution is 5.17. The summed E-state index contributed by atoms with van der Waals surface area (Å²) in [5.41, 5.74) is 0.833. The maximum atomic E-state index is 9.72. The molecule has 0 spiro atoms. The van der Waals surface area contributed by atoms with E-state index in [0.717, 1.165) is 18.5 Å². The van der Waals surface area contributed by atoms with Crippen molar-refractivity contribution in [2.75, 3.05) is 7.11 Å². The molecule has 4 heteroatoms. The van der Waals surface area contributed by atoms with Crippen LogP contribution in [0.5, 0.6) is 5.88 Å². The number of nitrogens with zero attached hydrogens (tertiary/aromatic N) is 2. The van der Waals surface area contributed by atoms with Crippen LogP contribution in [0.2, 0.25) is 0 Å². The number of aryl methyl sites for hydroxylation is 1. The van der Waals surface area contributed by atoms with Crippen molar-refractivity contribution >= 4 is 0 Å². The molecule has 2 rings (SSSR count). The highest BCUT2D eigenvalue weighted by Crippen LogP contribution is 2.34. The minimum Gasteiger partial charge on any atom is -0.480 e. The lowest BCUT2D eigenvalue weighted by atomic mass is 10.1. The monoisotopic (exact) mass is 208 g/mol. The summed E-state index contributed by atoms with van der Waals surface area (Å²) in [5.74, 6) is 1.09. The van der Waals surface area contributed by atoms with Crippen LogP contribution in [0.3, 0.4) is 0 Å². The second-order valence-electron chi connectivity index (χ2n) is 3.96. The van der Waals surface area contributed by atoms with Gasteiger partial charge in [0.1, 0.15) is 5.69 Å². The molecule has 82 valence electrons. The van der Waals surface area contributed by atoms with Gasteiger partial charge in [-0.05, 0) is 31.6 Å². The minimum absolute atomic E-state index is 0.184. The first-order valence-corrected chi connectivity index (χ1v) is 5.33. The summed E-state index contributed by atoms with van der Waals surface area (Å²) < 4.78 is 5.10. The first-order chi connectivity index (χ1) is 7.31. The van der Waals surface area contributed by atoms with Crippen molar-refractivity contribution in [2.24, 2.45) is 5.92 Å². The standard InChI is InChI=1S/C11H16N2O2/c1-15-11-9(12-6-7-13-11)4-5-10(14)8-2-3-8/h6-8,10,14H,2-5H2,1H3. The van der Waals surface area contributed by atoms with Crippen molar-refractivity contribution in [3.05, 3.63) is 18.1 Å². The maximum absolute atomic E-state index is 9.72. The predicted octanol–water partition coefficient (Wildman–Crippen LogP) is 1.19. The van der Waals surface area contributed by atoms with Gasteiger partial charge in [0.15, 0.2) is 0 Å². The average molecular weight is 208 g/mol. The van der Waals surface area contributed by atoms with Gasteiger partial charge in [0, 0.05) is 12.4 Å². The Hall–Kier alpha value is -1.16. The van der Waals surface area contributed by atoms with Crippen LogP contribution in [0.4, 0.5) is 0 Å². The molecule has 1 aromatic rings. The van der Waals surface area contributed by atoms with E-state index in [1.54, 1.807) is 19.5 Å². The Balaban J connectivity index is 1.91. The largest absolute Gasteiger partial charge is 0.480 e. The van der Waals surface area contributed by atoms with Crippen molar-refractivity contribution in [3.8, 4) is 5.88 Å². The first kappa shape index (κ1) is 10.4. The molecule has 1 aliphatic rings. The zero-order valence-electron chi connectivity index (χ0n) is 8.89. The van der Waals surface area contributed by atoms with Gasteiger partial charge in [0.05, 0.1) is 13.2 Å². The zero-order chi connectivity index (χ0) is 10.7. The molecule has 0 bridgehead atoms. The van der Waals surface area contributed by atoms with E-state index >= 15 is 0 Å². The second-order valence-corrected chi connectivity index (χ2v) is 3.96. The van der Waals surface area contributed by atoms with Gasteiger partial charge in [-0.1, -0.05) is 0 Å². The average Bonchev–Trinajstić information content (AvgIpc) is 3.10. The molecule has 0 saturated heterocycles. The SMILES string of the molecule is COc1nccnc1CCC(O)C1CC1. The van der Waals surface area contributed by atoms with Crippen molar-refractivity contribution < 1.29 is 9.84 Å². The van der Waals surface area contributed by atoms with E-state index in [9.17, 15) is 5.11 Å². The number of aliphatic hydroxyl groups excluding tert-OH is 1. The Morgan fingerprint density at radius 3 is 2.87 bits per heavy atom. The quantitative estimate of drug-likeness (QED) is 0.789. The van der Waals surface area contributed by atoms with E-state index in [4.69, 9.17) is 4.74 Å². The molecule has 1 N–H and O–H groups in total. The van der Waals surface area contributed by atoms with Crippen molar-refractivity contribution in [2.45, 2.75) is 31.8 Å². The molecular formula is C11H16N2O2. The smallest absolute Gasteiger partial charge is 0.235 e. The number of methoxy groups -OCH3 is 1. The fourth-order valence-electron chi connectivity index (χ4n) is 1.70. The number of rotatable bonds is 5. The van der Waals surface area contributed by atoms with Crippen LogP contribution < -0.4 is 4.74 Å². The second kappa shape index (κ2) is 4.57. The molecular weight excluding hydrogens is 192 g/mol. The molecule has 4 nitrogen and oxygen atoms in total. The molecule has 15 heavy (non-hydrogen) atoms. The highest BCUT2D eigenvalue weighted by Gasteiger charge is 2.29. The van der Waals surface area contributed by atoms with Gasteiger partial charge < -0.3 is 9.84 Å². The summed E-state index contributed by atoms with van der Waals surface area (Å²) >= 11 is 0. The Morgan fingerprint density at radius 2 is 2.20 bits per heavy atom. The van der Waals surface area contributed by atoms with E-state index in [1.807, 2.05) is 0 Å². The number of aliphatic hydroxyl groups is 1. The fraction of sp³-hybridized carbons (Fsp3) is 0.636. The lowest BCUT2D eigenvalue weighted by molar-refractivity contribution is 0.141. The molecule has 1 aliphatic carbocycles. The lowest BCUT2D eigenvalue weighted by Crippen LogP contribution is -2.11. The van der Waals surface area contributed by atoms with Crippen LogP contribution in [0.15, 0.2) is 12.4 Å². The molecule has 0 aliphatic heterocycles. The summed E-state index contributed by atoms with van der Waals surface area (Å²) in [7, 11) is 1.59. The Bertz CT molecular complexity index is 326. The van der Waals surface area contributed by atoms with Crippen molar-refractivity contribution in [3.63, 3.8) is 0 Å². The minimum atomic E-state index is -0.184. The number of aromatic nitrogens is 2. The van der Waals surface area contributed by atoms with Crippen LogP contribution in [-0.4, -0.2) is 28.3 Å². The summed E-state index contributed by atoms with van der Waals surface area (Å²) in [6.45, 7) is 0. The third-order valence-corrected chi connectivity index (χ3v) is 2.77. The molecule has 1 saturated carbocycles. The van der Waals surface area contributed by atoms with Gasteiger partial charge in [-0.25, -0.2) is 4.98 Å². The molecule has 1 unspecified atom stereocenters. The fourth-order valence-corrected chi connectivity index (χ4v) is 1.70. The molecule has 1 fully saturated rings. The van der Waals surface area contributed by atoms with Gasteiger partial charge in [-0.3, -0.25) is 4.98 Å². The maximum Gasteiger partial charge on any atom is 0.235 e. The summed E-state index contributed by atoms with van der Waals surface area (Å²) in [5, 5.41) is 9.72. The third kappa shape index (κ3) is 2.65. The molecule has 0 radical (unpaired) electrons. The number of hydrogen-bond acceptors (Lipinski definition) is 4. The highest BCUT2D eigenvalue weighted by atomic mass is 16.5. The molecule has 1 atom stereocenters. The van der Waals surface area contributed by atoms with Crippen LogP contribution in [0.25, 0.3) is 0 Å². The summed E-state index contributed by atoms with van der Waals surface area (Å²) in [6, 6.07) is 0. The normalized spacial score (nSPS) is 17.5. The van der Waals surface area contributed by atoms with Crippen LogP contribution in [0, 0.1) is 5.92 Å². The van der Waals surface area contributed by atoms with E-state index in [0.29, 0.717) is 11.8 Å². The Morgan fingerprint density at radius 1 is 1.47 bits per heavy atom. The van der Waals surface area contributed by atoms with Gasteiger partial charge >= 0.3 is 0 Å². The predicted molar refractivity (Wildman–Crippen MR) is 55.6 cm³/mol. The topological polar surface area (TPSA) is 55.2 Å². The van der Waals surface area contributed by atoms with E-state index in [1.165, 1.54) is 12.8 Å². The van der Waals surface area contributed by atoms with Gasteiger partial charge in [-0.15, -0.1) is 0 Å².